The van der Waals surface area contributed by atoms with Gasteiger partial charge in [0.2, 0.25) is 0 Å². The van der Waals surface area contributed by atoms with E-state index in [0.717, 1.165) is 16.6 Å². The molecule has 1 N–H and O–H groups in total. The van der Waals surface area contributed by atoms with Crippen LogP contribution in [0.4, 0.5) is 0 Å². The van der Waals surface area contributed by atoms with Crippen LogP contribution in [0.2, 0.25) is 0 Å². The maximum Gasteiger partial charge on any atom is 0.162 e. The molecule has 0 fully saturated rings. The second-order valence-corrected chi connectivity index (χ2v) is 5.85. The first-order valence-corrected chi connectivity index (χ1v) is 8.02. The lowest BCUT2D eigenvalue weighted by Crippen LogP contribution is -2.06. The number of nitrogens with one attached hydrogen (secondary N) is 1. The smallest absolute Gasteiger partial charge is 0.162 e. The molecule has 0 saturated carbocycles. The Morgan fingerprint density at radius 3 is 2.68 bits per heavy atom. The molecule has 5 nitrogen and oxygen atoms in total. The fourth-order valence-corrected chi connectivity index (χ4v) is 2.53. The number of methoxy groups -OCH3 is 1. The van der Waals surface area contributed by atoms with Crippen molar-refractivity contribution in [1.29, 1.82) is 5.26 Å². The predicted molar refractivity (Wildman–Crippen MR) is 98.3 cm³/mol. The molecule has 25 heavy (non-hydrogen) atoms. The van der Waals surface area contributed by atoms with Gasteiger partial charge in [-0.2, -0.15) is 5.26 Å². The second kappa shape index (κ2) is 7.10. The summed E-state index contributed by atoms with van der Waals surface area (Å²) in [5.41, 5.74) is 3.03. The molecule has 2 aromatic carbocycles. The maximum absolute atomic E-state index is 9.55. The van der Waals surface area contributed by atoms with Crippen molar-refractivity contribution in [3.63, 3.8) is 0 Å². The quantitative estimate of drug-likeness (QED) is 0.702. The van der Waals surface area contributed by atoms with Gasteiger partial charge in [-0.15, -0.1) is 0 Å². The van der Waals surface area contributed by atoms with Crippen LogP contribution in [-0.4, -0.2) is 23.2 Å². The fourth-order valence-electron chi connectivity index (χ4n) is 2.53. The summed E-state index contributed by atoms with van der Waals surface area (Å²) >= 11 is 0. The lowest BCUT2D eigenvalue weighted by Gasteiger charge is -2.14. The molecule has 0 amide bonds. The summed E-state index contributed by atoms with van der Waals surface area (Å²) < 4.78 is 11.1. The largest absolute Gasteiger partial charge is 0.493 e. The van der Waals surface area contributed by atoms with Gasteiger partial charge < -0.3 is 14.5 Å². The Morgan fingerprint density at radius 2 is 2.00 bits per heavy atom. The van der Waals surface area contributed by atoms with Gasteiger partial charge in [-0.05, 0) is 49.8 Å². The monoisotopic (exact) mass is 333 g/mol. The zero-order valence-corrected chi connectivity index (χ0v) is 14.4. The van der Waals surface area contributed by atoms with Crippen LogP contribution in [0.3, 0.4) is 0 Å². The zero-order chi connectivity index (χ0) is 17.8. The molecule has 0 saturated heterocycles. The summed E-state index contributed by atoms with van der Waals surface area (Å²) in [5, 5.41) is 9.55. The van der Waals surface area contributed by atoms with Crippen molar-refractivity contribution in [2.75, 3.05) is 7.11 Å². The Kier molecular flexibility index (Phi) is 4.71. The lowest BCUT2D eigenvalue weighted by atomic mass is 10.1. The normalized spacial score (nSPS) is 11.6. The van der Waals surface area contributed by atoms with Crippen LogP contribution in [-0.2, 0) is 0 Å². The molecule has 0 bridgehead atoms. The Bertz CT molecular complexity index is 931. The number of fused-ring (bicyclic) bond motifs is 1. The summed E-state index contributed by atoms with van der Waals surface area (Å²) in [6.45, 7) is 3.91. The lowest BCUT2D eigenvalue weighted by molar-refractivity contribution is 0.230. The van der Waals surface area contributed by atoms with Crippen molar-refractivity contribution < 1.29 is 9.47 Å². The number of benzene rings is 2. The number of imidazole rings is 1. The number of ether oxygens (including phenoxy) is 2. The van der Waals surface area contributed by atoms with E-state index in [1.807, 2.05) is 56.3 Å². The Morgan fingerprint density at radius 1 is 1.20 bits per heavy atom. The molecule has 3 aromatic rings. The number of allylic oxidation sites excluding steroid dienone is 1. The van der Waals surface area contributed by atoms with Crippen molar-refractivity contribution in [2.24, 2.45) is 0 Å². The van der Waals surface area contributed by atoms with E-state index in [1.54, 1.807) is 13.2 Å². The van der Waals surface area contributed by atoms with Crippen LogP contribution in [0.25, 0.3) is 22.7 Å². The van der Waals surface area contributed by atoms with Gasteiger partial charge in [0.05, 0.1) is 29.8 Å². The summed E-state index contributed by atoms with van der Waals surface area (Å²) in [6, 6.07) is 15.5. The van der Waals surface area contributed by atoms with Crippen LogP contribution in [0, 0.1) is 11.3 Å². The molecular weight excluding hydrogens is 314 g/mol. The number of para-hydroxylation sites is 2. The highest BCUT2D eigenvalue weighted by Gasteiger charge is 2.10. The Hall–Kier alpha value is -3.26. The molecule has 1 heterocycles. The highest BCUT2D eigenvalue weighted by Crippen LogP contribution is 2.30. The third-order valence-corrected chi connectivity index (χ3v) is 3.63. The van der Waals surface area contributed by atoms with E-state index in [-0.39, 0.29) is 6.10 Å². The van der Waals surface area contributed by atoms with Crippen molar-refractivity contribution in [3.05, 3.63) is 53.9 Å². The third kappa shape index (κ3) is 3.64. The van der Waals surface area contributed by atoms with Gasteiger partial charge in [0, 0.05) is 0 Å². The number of aromatic amines is 1. The van der Waals surface area contributed by atoms with Crippen LogP contribution < -0.4 is 9.47 Å². The summed E-state index contributed by atoms with van der Waals surface area (Å²) in [4.78, 5) is 7.66. The van der Waals surface area contributed by atoms with Gasteiger partial charge in [-0.1, -0.05) is 18.2 Å². The SMILES string of the molecule is COc1ccc(/C=C(/C#N)c2nc3ccccc3[nH]2)cc1OC(C)C. The Balaban J connectivity index is 2.00. The highest BCUT2D eigenvalue weighted by molar-refractivity contribution is 5.90. The molecule has 126 valence electrons. The van der Waals surface area contributed by atoms with Gasteiger partial charge in [0.25, 0.3) is 0 Å². The number of rotatable bonds is 5. The minimum atomic E-state index is 0.0268. The second-order valence-electron chi connectivity index (χ2n) is 5.85. The number of nitriles is 1. The first-order valence-electron chi connectivity index (χ1n) is 8.02. The number of nitrogens with zero attached hydrogens (tertiary/aromatic N) is 2. The van der Waals surface area contributed by atoms with E-state index in [9.17, 15) is 5.26 Å². The molecule has 1 aromatic heterocycles. The topological polar surface area (TPSA) is 70.9 Å². The molecule has 0 unspecified atom stereocenters. The average Bonchev–Trinajstić information content (AvgIpc) is 3.03. The Labute approximate surface area is 146 Å². The standard InChI is InChI=1S/C20H19N3O2/c1-13(2)25-19-11-14(8-9-18(19)24-3)10-15(12-21)20-22-16-6-4-5-7-17(16)23-20/h4-11,13H,1-3H3,(H,22,23)/b15-10-. The first-order chi connectivity index (χ1) is 12.1. The van der Waals surface area contributed by atoms with Crippen LogP contribution in [0.15, 0.2) is 42.5 Å². The van der Waals surface area contributed by atoms with Gasteiger partial charge in [-0.3, -0.25) is 0 Å². The molecule has 5 heteroatoms. The summed E-state index contributed by atoms with van der Waals surface area (Å²) in [6.07, 6.45) is 1.81. The third-order valence-electron chi connectivity index (χ3n) is 3.63. The van der Waals surface area contributed by atoms with Crippen LogP contribution in [0.1, 0.15) is 25.2 Å². The summed E-state index contributed by atoms with van der Waals surface area (Å²) in [7, 11) is 1.60. The first kappa shape index (κ1) is 16.6. The van der Waals surface area contributed by atoms with Crippen LogP contribution in [0.5, 0.6) is 11.5 Å². The minimum Gasteiger partial charge on any atom is -0.493 e. The molecule has 3 rings (SSSR count). The molecule has 0 aliphatic rings. The van der Waals surface area contributed by atoms with Crippen molar-refractivity contribution in [2.45, 2.75) is 20.0 Å². The van der Waals surface area contributed by atoms with Gasteiger partial charge in [0.15, 0.2) is 11.5 Å². The molecule has 0 atom stereocenters. The van der Waals surface area contributed by atoms with Crippen molar-refractivity contribution in [3.8, 4) is 17.6 Å². The fraction of sp³-hybridized carbons (Fsp3) is 0.200. The molecule has 0 aliphatic heterocycles. The molecule has 0 aliphatic carbocycles. The van der Waals surface area contributed by atoms with Gasteiger partial charge in [0.1, 0.15) is 11.9 Å². The molecular formula is C20H19N3O2. The number of aromatic nitrogens is 2. The van der Waals surface area contributed by atoms with Gasteiger partial charge in [-0.25, -0.2) is 4.98 Å². The van der Waals surface area contributed by atoms with Crippen LogP contribution >= 0.6 is 0 Å². The van der Waals surface area contributed by atoms with E-state index < -0.39 is 0 Å². The van der Waals surface area contributed by atoms with E-state index >= 15 is 0 Å². The molecule has 0 radical (unpaired) electrons. The van der Waals surface area contributed by atoms with Crippen molar-refractivity contribution in [1.82, 2.24) is 9.97 Å². The minimum absolute atomic E-state index is 0.0268. The summed E-state index contributed by atoms with van der Waals surface area (Å²) in [5.74, 6) is 1.85. The van der Waals surface area contributed by atoms with E-state index in [4.69, 9.17) is 9.47 Å². The maximum atomic E-state index is 9.55. The average molecular weight is 333 g/mol. The van der Waals surface area contributed by atoms with E-state index in [0.29, 0.717) is 22.9 Å². The predicted octanol–water partition coefficient (Wildman–Crippen LogP) is 4.42. The van der Waals surface area contributed by atoms with E-state index in [1.165, 1.54) is 0 Å². The number of hydrogen-bond donors (Lipinski definition) is 1. The zero-order valence-electron chi connectivity index (χ0n) is 14.4. The van der Waals surface area contributed by atoms with E-state index in [2.05, 4.69) is 16.0 Å². The number of hydrogen-bond acceptors (Lipinski definition) is 4. The number of H-pyrrole nitrogens is 1. The highest BCUT2D eigenvalue weighted by atomic mass is 16.5. The van der Waals surface area contributed by atoms with Crippen molar-refractivity contribution >= 4 is 22.7 Å². The molecule has 0 spiro atoms. The van der Waals surface area contributed by atoms with Gasteiger partial charge >= 0.3 is 0 Å².